The molecule has 1 aromatic rings. The first-order chi connectivity index (χ1) is 18.8. The second-order valence-electron chi connectivity index (χ2n) is 9.12. The number of carbonyl (C=O) groups is 5. The minimum Gasteiger partial charge on any atom is -0.463 e. The fraction of sp³-hybridized carbons (Fsp3) is 0.667. The minimum absolute atomic E-state index is 0.0519. The van der Waals surface area contributed by atoms with Gasteiger partial charge in [0.25, 0.3) is 0 Å². The standard InChI is InChI=1S/C24H32N2O13S/c1-10(27)33-8-17-21(37-13(4)30)22(38-14(5)31)18(23(32-6)39-17)26-7-15(25-24(26)40)19-20(36-12(3)29)16(9-34-19)35-11(2)28/h7,16-23H,8-9H2,1-6H3,(H,25,40)/t16-,17-,18-,19-,20-,21-,22-,23+/m1/s1. The third-order valence-electron chi connectivity index (χ3n) is 6.02. The van der Waals surface area contributed by atoms with Crippen LogP contribution in [0.25, 0.3) is 0 Å². The van der Waals surface area contributed by atoms with Crippen LogP contribution in [0.4, 0.5) is 0 Å². The molecule has 3 heterocycles. The zero-order chi connectivity index (χ0) is 29.7. The van der Waals surface area contributed by atoms with E-state index in [4.69, 9.17) is 50.1 Å². The van der Waals surface area contributed by atoms with Gasteiger partial charge in [0, 0.05) is 47.9 Å². The Morgan fingerprint density at radius 3 is 2.02 bits per heavy atom. The lowest BCUT2D eigenvalue weighted by Gasteiger charge is -2.44. The number of rotatable bonds is 9. The Morgan fingerprint density at radius 2 is 1.48 bits per heavy atom. The molecule has 0 spiro atoms. The van der Waals surface area contributed by atoms with E-state index >= 15 is 0 Å². The van der Waals surface area contributed by atoms with Crippen molar-refractivity contribution in [3.8, 4) is 0 Å². The Labute approximate surface area is 234 Å². The molecule has 16 heteroatoms. The molecule has 0 unspecified atom stereocenters. The lowest BCUT2D eigenvalue weighted by Crippen LogP contribution is -2.59. The van der Waals surface area contributed by atoms with Gasteiger partial charge < -0.3 is 47.4 Å². The molecule has 0 radical (unpaired) electrons. The molecule has 1 aromatic heterocycles. The van der Waals surface area contributed by atoms with Gasteiger partial charge >= 0.3 is 29.8 Å². The van der Waals surface area contributed by atoms with Crippen LogP contribution in [-0.4, -0.2) is 96.5 Å². The Balaban J connectivity index is 2.04. The first-order valence-electron chi connectivity index (χ1n) is 12.3. The Morgan fingerprint density at radius 1 is 0.900 bits per heavy atom. The fourth-order valence-electron chi connectivity index (χ4n) is 4.66. The summed E-state index contributed by atoms with van der Waals surface area (Å²) in [6.45, 7) is 5.60. The van der Waals surface area contributed by atoms with Crippen molar-refractivity contribution >= 4 is 42.1 Å². The van der Waals surface area contributed by atoms with Gasteiger partial charge in [-0.1, -0.05) is 0 Å². The number of ether oxygens (including phenoxy) is 8. The molecule has 2 aliphatic rings. The molecule has 2 aliphatic heterocycles. The molecule has 222 valence electrons. The van der Waals surface area contributed by atoms with E-state index in [0.29, 0.717) is 5.69 Å². The molecule has 2 saturated heterocycles. The second kappa shape index (κ2) is 13.3. The number of H-pyrrole nitrogens is 1. The highest BCUT2D eigenvalue weighted by Crippen LogP contribution is 2.38. The van der Waals surface area contributed by atoms with Crippen LogP contribution < -0.4 is 0 Å². The molecule has 40 heavy (non-hydrogen) atoms. The van der Waals surface area contributed by atoms with E-state index in [9.17, 15) is 24.0 Å². The van der Waals surface area contributed by atoms with Crippen molar-refractivity contribution < 1.29 is 61.9 Å². The Kier molecular flexibility index (Phi) is 10.4. The number of aromatic amines is 1. The van der Waals surface area contributed by atoms with Gasteiger partial charge in [-0.15, -0.1) is 0 Å². The topological polar surface area (TPSA) is 180 Å². The van der Waals surface area contributed by atoms with E-state index in [1.165, 1.54) is 45.6 Å². The number of methoxy groups -OCH3 is 1. The van der Waals surface area contributed by atoms with Gasteiger partial charge in [-0.25, -0.2) is 0 Å². The van der Waals surface area contributed by atoms with Crippen LogP contribution in [0.1, 0.15) is 52.5 Å². The highest BCUT2D eigenvalue weighted by atomic mass is 32.1. The Hall–Kier alpha value is -3.34. The molecule has 3 rings (SSSR count). The first-order valence-corrected chi connectivity index (χ1v) is 12.7. The van der Waals surface area contributed by atoms with Crippen LogP contribution in [0.2, 0.25) is 0 Å². The summed E-state index contributed by atoms with van der Waals surface area (Å²) in [6.07, 6.45) is -5.86. The average Bonchev–Trinajstić information content (AvgIpc) is 3.40. The van der Waals surface area contributed by atoms with Crippen LogP contribution in [-0.2, 0) is 61.9 Å². The number of hydrogen-bond donors (Lipinski definition) is 1. The number of aromatic nitrogens is 2. The third-order valence-corrected chi connectivity index (χ3v) is 6.33. The highest BCUT2D eigenvalue weighted by Gasteiger charge is 2.52. The monoisotopic (exact) mass is 588 g/mol. The number of imidazole rings is 1. The summed E-state index contributed by atoms with van der Waals surface area (Å²) in [6, 6.07) is -1.01. The van der Waals surface area contributed by atoms with E-state index < -0.39 is 78.8 Å². The van der Waals surface area contributed by atoms with Crippen LogP contribution >= 0.6 is 12.2 Å². The van der Waals surface area contributed by atoms with Crippen molar-refractivity contribution in [1.82, 2.24) is 9.55 Å². The Bertz CT molecular complexity index is 1180. The fourth-order valence-corrected chi connectivity index (χ4v) is 4.95. The number of carbonyl (C=O) groups excluding carboxylic acids is 5. The number of nitrogens with one attached hydrogen (secondary N) is 1. The third kappa shape index (κ3) is 7.44. The molecule has 1 N–H and O–H groups in total. The number of hydrogen-bond acceptors (Lipinski definition) is 14. The van der Waals surface area contributed by atoms with Crippen molar-refractivity contribution in [1.29, 1.82) is 0 Å². The summed E-state index contributed by atoms with van der Waals surface area (Å²) in [4.78, 5) is 62.0. The summed E-state index contributed by atoms with van der Waals surface area (Å²) in [7, 11) is 1.34. The predicted octanol–water partition coefficient (Wildman–Crippen LogP) is 0.819. The molecule has 0 aromatic carbocycles. The van der Waals surface area contributed by atoms with Crippen molar-refractivity contribution in [3.63, 3.8) is 0 Å². The molecular weight excluding hydrogens is 556 g/mol. The van der Waals surface area contributed by atoms with E-state index in [1.807, 2.05) is 0 Å². The smallest absolute Gasteiger partial charge is 0.303 e. The molecule has 0 bridgehead atoms. The molecule has 2 fully saturated rings. The second-order valence-corrected chi connectivity index (χ2v) is 9.50. The summed E-state index contributed by atoms with van der Waals surface area (Å²) < 4.78 is 45.7. The van der Waals surface area contributed by atoms with Crippen LogP contribution in [0.3, 0.4) is 0 Å². The largest absolute Gasteiger partial charge is 0.463 e. The summed E-state index contributed by atoms with van der Waals surface area (Å²) in [5.41, 5.74) is 0.341. The maximum Gasteiger partial charge on any atom is 0.303 e. The zero-order valence-electron chi connectivity index (χ0n) is 22.8. The summed E-state index contributed by atoms with van der Waals surface area (Å²) in [5, 5.41) is 0. The normalized spacial score (nSPS) is 29.8. The van der Waals surface area contributed by atoms with Crippen LogP contribution in [0.15, 0.2) is 6.20 Å². The lowest BCUT2D eigenvalue weighted by atomic mass is 9.96. The van der Waals surface area contributed by atoms with Gasteiger partial charge in [0.1, 0.15) is 24.9 Å². The molecule has 8 atom stereocenters. The number of esters is 5. The molecule has 15 nitrogen and oxygen atoms in total. The summed E-state index contributed by atoms with van der Waals surface area (Å²) >= 11 is 5.55. The zero-order valence-corrected chi connectivity index (χ0v) is 23.6. The van der Waals surface area contributed by atoms with Gasteiger partial charge in [-0.05, 0) is 12.2 Å². The molecular formula is C24H32N2O13S. The number of nitrogens with zero attached hydrogens (tertiary/aromatic N) is 1. The van der Waals surface area contributed by atoms with E-state index in [0.717, 1.165) is 6.92 Å². The maximum atomic E-state index is 12.2. The molecule has 0 aliphatic carbocycles. The van der Waals surface area contributed by atoms with E-state index in [2.05, 4.69) is 4.98 Å². The minimum atomic E-state index is -1.22. The summed E-state index contributed by atoms with van der Waals surface area (Å²) in [5.74, 6) is -3.20. The van der Waals surface area contributed by atoms with Gasteiger partial charge in [-0.2, -0.15) is 0 Å². The maximum absolute atomic E-state index is 12.2. The van der Waals surface area contributed by atoms with E-state index in [-0.39, 0.29) is 18.0 Å². The van der Waals surface area contributed by atoms with Gasteiger partial charge in [0.05, 0.1) is 12.3 Å². The van der Waals surface area contributed by atoms with E-state index in [1.54, 1.807) is 0 Å². The van der Waals surface area contributed by atoms with Crippen LogP contribution in [0.5, 0.6) is 0 Å². The highest BCUT2D eigenvalue weighted by molar-refractivity contribution is 7.71. The van der Waals surface area contributed by atoms with Crippen molar-refractivity contribution in [2.45, 2.75) is 83.6 Å². The molecule has 0 saturated carbocycles. The average molecular weight is 589 g/mol. The van der Waals surface area contributed by atoms with Crippen molar-refractivity contribution in [3.05, 3.63) is 16.7 Å². The first kappa shape index (κ1) is 31.2. The van der Waals surface area contributed by atoms with Gasteiger partial charge in [-0.3, -0.25) is 24.0 Å². The van der Waals surface area contributed by atoms with Crippen molar-refractivity contribution in [2.24, 2.45) is 0 Å². The van der Waals surface area contributed by atoms with Crippen LogP contribution in [0, 0.1) is 4.77 Å². The van der Waals surface area contributed by atoms with Gasteiger partial charge in [0.15, 0.2) is 35.5 Å². The van der Waals surface area contributed by atoms with Gasteiger partial charge in [0.2, 0.25) is 0 Å². The van der Waals surface area contributed by atoms with Crippen molar-refractivity contribution in [2.75, 3.05) is 20.3 Å². The SMILES string of the molecule is CO[C@H]1O[C@H](COC(C)=O)[C@@H](OC(C)=O)[C@H](OC(C)=O)[C@H]1n1cc([C@H]2OC[C@@H](OC(C)=O)[C@H]2OC(C)=O)[nH]c1=S. The quantitative estimate of drug-likeness (QED) is 0.243. The lowest BCUT2D eigenvalue weighted by molar-refractivity contribution is -0.280. The predicted molar refractivity (Wildman–Crippen MR) is 132 cm³/mol. The molecule has 0 amide bonds.